The maximum absolute atomic E-state index is 14.3. The van der Waals surface area contributed by atoms with Gasteiger partial charge in [0.1, 0.15) is 5.82 Å². The highest BCUT2D eigenvalue weighted by atomic mass is 19.1. The van der Waals surface area contributed by atoms with E-state index in [1.54, 1.807) is 6.07 Å². The van der Waals surface area contributed by atoms with Crippen molar-refractivity contribution in [2.45, 2.75) is 52.6 Å². The number of benzene rings is 1. The molecular weight excluding hydrogens is 251 g/mol. The zero-order valence-electron chi connectivity index (χ0n) is 13.5. The quantitative estimate of drug-likeness (QED) is 0.824. The van der Waals surface area contributed by atoms with Crippen LogP contribution in [-0.4, -0.2) is 24.0 Å². The molecule has 1 aromatic rings. The van der Waals surface area contributed by atoms with Gasteiger partial charge in [0.15, 0.2) is 0 Å². The fraction of sp³-hybridized carbons (Fsp3) is 0.647. The van der Waals surface area contributed by atoms with Gasteiger partial charge < -0.3 is 5.73 Å². The van der Waals surface area contributed by atoms with Crippen molar-refractivity contribution >= 4 is 0 Å². The molecule has 0 amide bonds. The number of nitrogens with zero attached hydrogens (tertiary/aromatic N) is 1. The second kappa shape index (κ2) is 7.19. The van der Waals surface area contributed by atoms with Crippen molar-refractivity contribution in [3.05, 3.63) is 35.6 Å². The SMILES string of the molecule is CCC(N(CC)CC)C(N)(c1ccccc1F)C(C)C. The molecule has 0 heterocycles. The maximum atomic E-state index is 14.3. The molecule has 1 rings (SSSR count). The number of halogens is 1. The molecule has 0 aliphatic heterocycles. The Morgan fingerprint density at radius 3 is 2.10 bits per heavy atom. The fourth-order valence-electron chi connectivity index (χ4n) is 3.25. The maximum Gasteiger partial charge on any atom is 0.128 e. The molecule has 0 spiro atoms. The largest absolute Gasteiger partial charge is 0.320 e. The predicted octanol–water partition coefficient (Wildman–Crippen LogP) is 3.76. The van der Waals surface area contributed by atoms with Crippen molar-refractivity contribution in [1.82, 2.24) is 4.90 Å². The summed E-state index contributed by atoms with van der Waals surface area (Å²) in [4.78, 5) is 2.34. The minimum Gasteiger partial charge on any atom is -0.320 e. The van der Waals surface area contributed by atoms with Crippen LogP contribution in [0, 0.1) is 11.7 Å². The van der Waals surface area contributed by atoms with Crippen LogP contribution < -0.4 is 5.73 Å². The summed E-state index contributed by atoms with van der Waals surface area (Å²) < 4.78 is 14.3. The van der Waals surface area contributed by atoms with Gasteiger partial charge in [0.25, 0.3) is 0 Å². The highest BCUT2D eigenvalue weighted by Crippen LogP contribution is 2.36. The number of likely N-dealkylation sites (N-methyl/N-ethyl adjacent to an activating group) is 1. The topological polar surface area (TPSA) is 29.3 Å². The van der Waals surface area contributed by atoms with E-state index < -0.39 is 5.54 Å². The zero-order chi connectivity index (χ0) is 15.3. The lowest BCUT2D eigenvalue weighted by atomic mass is 9.73. The van der Waals surface area contributed by atoms with Gasteiger partial charge in [-0.05, 0) is 31.5 Å². The third-order valence-electron chi connectivity index (χ3n) is 4.49. The standard InChI is InChI=1S/C17H29FN2/c1-6-16(20(7-2)8-3)17(19,13(4)5)14-11-9-10-12-15(14)18/h9-13,16H,6-8,19H2,1-5H3. The first-order valence-electron chi connectivity index (χ1n) is 7.71. The Bertz CT molecular complexity index is 415. The van der Waals surface area contributed by atoms with Crippen molar-refractivity contribution in [2.24, 2.45) is 11.7 Å². The monoisotopic (exact) mass is 280 g/mol. The van der Waals surface area contributed by atoms with E-state index in [4.69, 9.17) is 5.73 Å². The summed E-state index contributed by atoms with van der Waals surface area (Å²) in [6.45, 7) is 12.4. The Labute approximate surface area is 123 Å². The first kappa shape index (κ1) is 17.1. The van der Waals surface area contributed by atoms with E-state index in [0.29, 0.717) is 5.56 Å². The summed E-state index contributed by atoms with van der Waals surface area (Å²) in [5.41, 5.74) is 6.75. The Balaban J connectivity index is 3.37. The normalized spacial score (nSPS) is 16.4. The van der Waals surface area contributed by atoms with E-state index in [-0.39, 0.29) is 17.8 Å². The molecule has 0 radical (unpaired) electrons. The summed E-state index contributed by atoms with van der Waals surface area (Å²) in [7, 11) is 0. The summed E-state index contributed by atoms with van der Waals surface area (Å²) in [6.07, 6.45) is 0.907. The van der Waals surface area contributed by atoms with E-state index in [9.17, 15) is 4.39 Å². The Morgan fingerprint density at radius 1 is 1.15 bits per heavy atom. The molecule has 2 N–H and O–H groups in total. The van der Waals surface area contributed by atoms with Gasteiger partial charge in [-0.25, -0.2) is 4.39 Å². The lowest BCUT2D eigenvalue weighted by Crippen LogP contribution is -2.59. The highest BCUT2D eigenvalue weighted by molar-refractivity contribution is 5.29. The third kappa shape index (κ3) is 3.04. The second-order valence-electron chi connectivity index (χ2n) is 5.71. The molecule has 20 heavy (non-hydrogen) atoms. The Morgan fingerprint density at radius 2 is 1.70 bits per heavy atom. The predicted molar refractivity (Wildman–Crippen MR) is 84.1 cm³/mol. The van der Waals surface area contributed by atoms with Crippen molar-refractivity contribution in [3.8, 4) is 0 Å². The molecule has 3 heteroatoms. The van der Waals surface area contributed by atoms with Crippen LogP contribution in [0.3, 0.4) is 0 Å². The second-order valence-corrected chi connectivity index (χ2v) is 5.71. The van der Waals surface area contributed by atoms with E-state index in [1.165, 1.54) is 6.07 Å². The average molecular weight is 280 g/mol. The van der Waals surface area contributed by atoms with Crippen LogP contribution in [0.25, 0.3) is 0 Å². The lowest BCUT2D eigenvalue weighted by molar-refractivity contribution is 0.0898. The Kier molecular flexibility index (Phi) is 6.15. The van der Waals surface area contributed by atoms with Crippen molar-refractivity contribution in [3.63, 3.8) is 0 Å². The van der Waals surface area contributed by atoms with Crippen LogP contribution in [0.15, 0.2) is 24.3 Å². The van der Waals surface area contributed by atoms with Crippen molar-refractivity contribution < 1.29 is 4.39 Å². The molecule has 0 saturated heterocycles. The summed E-state index contributed by atoms with van der Waals surface area (Å²) in [6, 6.07) is 7.07. The minimum atomic E-state index is -0.674. The van der Waals surface area contributed by atoms with Gasteiger partial charge in [0, 0.05) is 11.6 Å². The van der Waals surface area contributed by atoms with Gasteiger partial charge in [-0.1, -0.05) is 52.8 Å². The minimum absolute atomic E-state index is 0.134. The molecule has 0 aliphatic carbocycles. The molecule has 0 aromatic heterocycles. The van der Waals surface area contributed by atoms with Crippen LogP contribution in [0.1, 0.15) is 46.6 Å². The molecule has 0 aliphatic rings. The van der Waals surface area contributed by atoms with Crippen LogP contribution in [0.2, 0.25) is 0 Å². The zero-order valence-corrected chi connectivity index (χ0v) is 13.5. The molecule has 114 valence electrons. The first-order valence-corrected chi connectivity index (χ1v) is 7.71. The highest BCUT2D eigenvalue weighted by Gasteiger charge is 2.42. The van der Waals surface area contributed by atoms with Crippen LogP contribution in [0.5, 0.6) is 0 Å². The van der Waals surface area contributed by atoms with Crippen molar-refractivity contribution in [1.29, 1.82) is 0 Å². The van der Waals surface area contributed by atoms with Crippen LogP contribution in [0.4, 0.5) is 4.39 Å². The average Bonchev–Trinajstić information content (AvgIpc) is 2.44. The first-order chi connectivity index (χ1) is 9.43. The van der Waals surface area contributed by atoms with Gasteiger partial charge in [0.05, 0.1) is 5.54 Å². The van der Waals surface area contributed by atoms with Gasteiger partial charge in [-0.15, -0.1) is 0 Å². The van der Waals surface area contributed by atoms with Crippen LogP contribution in [-0.2, 0) is 5.54 Å². The van der Waals surface area contributed by atoms with E-state index in [0.717, 1.165) is 19.5 Å². The number of hydrogen-bond acceptors (Lipinski definition) is 2. The molecule has 1 aromatic carbocycles. The van der Waals surface area contributed by atoms with Crippen LogP contribution >= 0.6 is 0 Å². The molecule has 0 bridgehead atoms. The molecule has 2 atom stereocenters. The van der Waals surface area contributed by atoms with Gasteiger partial charge in [0.2, 0.25) is 0 Å². The smallest absolute Gasteiger partial charge is 0.128 e. The molecule has 2 nitrogen and oxygen atoms in total. The lowest BCUT2D eigenvalue weighted by Gasteiger charge is -2.46. The van der Waals surface area contributed by atoms with Crippen molar-refractivity contribution in [2.75, 3.05) is 13.1 Å². The van der Waals surface area contributed by atoms with Gasteiger partial charge in [-0.3, -0.25) is 4.90 Å². The van der Waals surface area contributed by atoms with E-state index in [1.807, 2.05) is 12.1 Å². The molecule has 2 unspecified atom stereocenters. The number of nitrogens with two attached hydrogens (primary N) is 1. The summed E-state index contributed by atoms with van der Waals surface area (Å²) in [5.74, 6) is -0.0424. The molecular formula is C17H29FN2. The number of rotatable bonds is 7. The van der Waals surface area contributed by atoms with Gasteiger partial charge >= 0.3 is 0 Å². The van der Waals surface area contributed by atoms with E-state index >= 15 is 0 Å². The van der Waals surface area contributed by atoms with Gasteiger partial charge in [-0.2, -0.15) is 0 Å². The third-order valence-corrected chi connectivity index (χ3v) is 4.49. The molecule has 0 fully saturated rings. The molecule has 0 saturated carbocycles. The summed E-state index contributed by atoms with van der Waals surface area (Å²) >= 11 is 0. The Hall–Kier alpha value is -0.930. The number of hydrogen-bond donors (Lipinski definition) is 1. The van der Waals surface area contributed by atoms with E-state index in [2.05, 4.69) is 39.5 Å². The fourth-order valence-corrected chi connectivity index (χ4v) is 3.25. The summed E-state index contributed by atoms with van der Waals surface area (Å²) in [5, 5.41) is 0.